The van der Waals surface area contributed by atoms with Crippen LogP contribution < -0.4 is 10.6 Å². The first-order valence-corrected chi connectivity index (χ1v) is 8.75. The van der Waals surface area contributed by atoms with Crippen molar-refractivity contribution in [2.75, 3.05) is 23.7 Å². The van der Waals surface area contributed by atoms with E-state index >= 15 is 0 Å². The van der Waals surface area contributed by atoms with E-state index in [0.29, 0.717) is 12.4 Å². The van der Waals surface area contributed by atoms with Crippen molar-refractivity contribution in [2.45, 2.75) is 25.7 Å². The molecule has 0 spiro atoms. The lowest BCUT2D eigenvalue weighted by atomic mass is 10.1. The summed E-state index contributed by atoms with van der Waals surface area (Å²) in [6.07, 6.45) is 3.46. The van der Waals surface area contributed by atoms with Gasteiger partial charge in [-0.05, 0) is 43.0 Å². The van der Waals surface area contributed by atoms with Gasteiger partial charge in [-0.1, -0.05) is 36.4 Å². The zero-order valence-corrected chi connectivity index (χ0v) is 15.5. The van der Waals surface area contributed by atoms with Crippen molar-refractivity contribution in [3.8, 4) is 0 Å². The predicted molar refractivity (Wildman–Crippen MR) is 109 cm³/mol. The molecule has 1 heterocycles. The minimum Gasteiger partial charge on any atom is -0.343 e. The van der Waals surface area contributed by atoms with Gasteiger partial charge in [-0.15, -0.1) is 12.4 Å². The van der Waals surface area contributed by atoms with Crippen LogP contribution in [0.4, 0.5) is 11.4 Å². The number of rotatable bonds is 5. The lowest BCUT2D eigenvalue weighted by Gasteiger charge is -2.19. The quantitative estimate of drug-likeness (QED) is 0.546. The Labute approximate surface area is 160 Å². The number of benzene rings is 2. The molecule has 1 aliphatic rings. The van der Waals surface area contributed by atoms with Gasteiger partial charge < -0.3 is 15.5 Å². The molecule has 0 aromatic heterocycles. The third kappa shape index (κ3) is 5.77. The largest absolute Gasteiger partial charge is 0.343 e. The molecule has 0 saturated carbocycles. The zero-order valence-electron chi connectivity index (χ0n) is 14.7. The summed E-state index contributed by atoms with van der Waals surface area (Å²) in [5, 5.41) is 14.2. The molecule has 3 N–H and O–H groups in total. The third-order valence-electron chi connectivity index (χ3n) is 4.31. The van der Waals surface area contributed by atoms with E-state index in [9.17, 15) is 4.79 Å². The van der Waals surface area contributed by atoms with Crippen molar-refractivity contribution < 1.29 is 4.79 Å². The molecule has 2 aromatic carbocycles. The van der Waals surface area contributed by atoms with Crippen molar-refractivity contribution in [2.24, 2.45) is 0 Å². The highest BCUT2D eigenvalue weighted by Crippen LogP contribution is 2.17. The summed E-state index contributed by atoms with van der Waals surface area (Å²) in [5.41, 5.74) is 2.72. The van der Waals surface area contributed by atoms with Crippen LogP contribution in [0.15, 0.2) is 54.6 Å². The average Bonchev–Trinajstić information content (AvgIpc) is 3.16. The number of nitrogens with one attached hydrogen (secondary N) is 3. The topological polar surface area (TPSA) is 68.2 Å². The number of hydrogen-bond donors (Lipinski definition) is 3. The van der Waals surface area contributed by atoms with Gasteiger partial charge in [0.15, 0.2) is 5.96 Å². The molecule has 26 heavy (non-hydrogen) atoms. The molecule has 5 nitrogen and oxygen atoms in total. The summed E-state index contributed by atoms with van der Waals surface area (Å²) in [6, 6.07) is 17.5. The van der Waals surface area contributed by atoms with Gasteiger partial charge in [0, 0.05) is 30.9 Å². The number of likely N-dealkylation sites (tertiary alicyclic amines) is 1. The van der Waals surface area contributed by atoms with Crippen molar-refractivity contribution in [1.82, 2.24) is 4.90 Å². The first-order chi connectivity index (χ1) is 12.2. The van der Waals surface area contributed by atoms with Crippen LogP contribution >= 0.6 is 12.4 Å². The molecule has 0 atom stereocenters. The fraction of sp³-hybridized carbons (Fsp3) is 0.300. The normalized spacial score (nSPS) is 13.0. The van der Waals surface area contributed by atoms with Crippen LogP contribution in [0.3, 0.4) is 0 Å². The molecule has 0 aliphatic carbocycles. The number of halogens is 1. The van der Waals surface area contributed by atoms with Crippen LogP contribution in [0.25, 0.3) is 0 Å². The molecular formula is C20H25ClN4O. The predicted octanol–water partition coefficient (Wildman–Crippen LogP) is 4.12. The summed E-state index contributed by atoms with van der Waals surface area (Å²) in [7, 11) is 0. The van der Waals surface area contributed by atoms with Gasteiger partial charge in [-0.2, -0.15) is 0 Å². The molecule has 138 valence electrons. The molecule has 1 fully saturated rings. The summed E-state index contributed by atoms with van der Waals surface area (Å²) >= 11 is 0. The molecule has 0 unspecified atom stereocenters. The Morgan fingerprint density at radius 3 is 2.31 bits per heavy atom. The fourth-order valence-electron chi connectivity index (χ4n) is 2.96. The second kappa shape index (κ2) is 9.82. The fourth-order valence-corrected chi connectivity index (χ4v) is 2.96. The molecule has 1 aliphatic heterocycles. The van der Waals surface area contributed by atoms with E-state index in [1.165, 1.54) is 0 Å². The van der Waals surface area contributed by atoms with Gasteiger partial charge in [0.25, 0.3) is 0 Å². The maximum absolute atomic E-state index is 12.1. The number of amides is 1. The first kappa shape index (κ1) is 19.8. The SMILES string of the molecule is Cl.N=C(Nc1cccc(NC(=O)CCc2ccccc2)c1)N1CCCC1. The Balaban J connectivity index is 0.00000243. The standard InChI is InChI=1S/C20H24N4O.ClH/c21-20(24-13-4-5-14-24)23-18-10-6-9-17(15-18)22-19(25)12-11-16-7-2-1-3-8-16;/h1-3,6-10,15H,4-5,11-14H2,(H2,21,23)(H,22,25);1H. The molecule has 2 aromatic rings. The van der Waals surface area contributed by atoms with Gasteiger partial charge >= 0.3 is 0 Å². The smallest absolute Gasteiger partial charge is 0.224 e. The van der Waals surface area contributed by atoms with E-state index in [-0.39, 0.29) is 18.3 Å². The van der Waals surface area contributed by atoms with Crippen LogP contribution in [0.2, 0.25) is 0 Å². The lowest BCUT2D eigenvalue weighted by molar-refractivity contribution is -0.116. The molecule has 0 radical (unpaired) electrons. The van der Waals surface area contributed by atoms with Crippen molar-refractivity contribution in [1.29, 1.82) is 5.41 Å². The van der Waals surface area contributed by atoms with Crippen LogP contribution in [0, 0.1) is 5.41 Å². The van der Waals surface area contributed by atoms with Gasteiger partial charge in [-0.25, -0.2) is 0 Å². The van der Waals surface area contributed by atoms with Gasteiger partial charge in [-0.3, -0.25) is 10.2 Å². The number of carbonyl (C=O) groups excluding carboxylic acids is 1. The van der Waals surface area contributed by atoms with Crippen LogP contribution in [-0.2, 0) is 11.2 Å². The highest BCUT2D eigenvalue weighted by molar-refractivity contribution is 5.94. The number of anilines is 2. The molecular weight excluding hydrogens is 348 g/mol. The van der Waals surface area contributed by atoms with Crippen molar-refractivity contribution in [3.63, 3.8) is 0 Å². The van der Waals surface area contributed by atoms with E-state index < -0.39 is 0 Å². The van der Waals surface area contributed by atoms with Gasteiger partial charge in [0.1, 0.15) is 0 Å². The Hall–Kier alpha value is -2.53. The van der Waals surface area contributed by atoms with Crippen LogP contribution in [0.1, 0.15) is 24.8 Å². The molecule has 1 amide bonds. The molecule has 1 saturated heterocycles. The summed E-state index contributed by atoms with van der Waals surface area (Å²) in [4.78, 5) is 14.2. The number of aryl methyl sites for hydroxylation is 1. The van der Waals surface area contributed by atoms with Crippen molar-refractivity contribution in [3.05, 3.63) is 60.2 Å². The van der Waals surface area contributed by atoms with E-state index in [2.05, 4.69) is 10.6 Å². The Kier molecular flexibility index (Phi) is 7.48. The number of guanidine groups is 1. The molecule has 6 heteroatoms. The highest BCUT2D eigenvalue weighted by Gasteiger charge is 2.14. The van der Waals surface area contributed by atoms with E-state index in [1.54, 1.807) is 0 Å². The Bertz CT molecular complexity index is 730. The second-order valence-electron chi connectivity index (χ2n) is 6.28. The number of hydrogen-bond acceptors (Lipinski definition) is 2. The minimum atomic E-state index is -0.00405. The first-order valence-electron chi connectivity index (χ1n) is 8.75. The summed E-state index contributed by atoms with van der Waals surface area (Å²) in [5.74, 6) is 0.417. The van der Waals surface area contributed by atoms with E-state index in [4.69, 9.17) is 5.41 Å². The maximum Gasteiger partial charge on any atom is 0.224 e. The number of carbonyl (C=O) groups is 1. The van der Waals surface area contributed by atoms with Gasteiger partial charge in [0.05, 0.1) is 0 Å². The zero-order chi connectivity index (χ0) is 17.5. The highest BCUT2D eigenvalue weighted by atomic mass is 35.5. The molecule has 3 rings (SSSR count). The maximum atomic E-state index is 12.1. The van der Waals surface area contributed by atoms with Crippen LogP contribution in [0.5, 0.6) is 0 Å². The summed E-state index contributed by atoms with van der Waals surface area (Å²) in [6.45, 7) is 1.86. The minimum absolute atomic E-state index is 0. The summed E-state index contributed by atoms with van der Waals surface area (Å²) < 4.78 is 0. The molecule has 0 bridgehead atoms. The monoisotopic (exact) mass is 372 g/mol. The van der Waals surface area contributed by atoms with Gasteiger partial charge in [0.2, 0.25) is 5.91 Å². The van der Waals surface area contributed by atoms with Crippen molar-refractivity contribution >= 4 is 35.6 Å². The lowest BCUT2D eigenvalue weighted by Crippen LogP contribution is -2.32. The average molecular weight is 373 g/mol. The second-order valence-corrected chi connectivity index (χ2v) is 6.28. The van der Waals surface area contributed by atoms with E-state index in [1.807, 2.05) is 59.5 Å². The Morgan fingerprint density at radius 2 is 1.62 bits per heavy atom. The third-order valence-corrected chi connectivity index (χ3v) is 4.31. The van der Waals surface area contributed by atoms with Crippen LogP contribution in [-0.4, -0.2) is 29.9 Å². The Morgan fingerprint density at radius 1 is 0.962 bits per heavy atom. The number of nitrogens with zero attached hydrogens (tertiary/aromatic N) is 1. The van der Waals surface area contributed by atoms with E-state index in [0.717, 1.165) is 49.3 Å².